The molecule has 3 aromatic rings. The number of thiocarbonyl (C=S) groups is 1. The molecule has 1 aromatic carbocycles. The molecule has 32 heavy (non-hydrogen) atoms. The third kappa shape index (κ3) is 4.37. The van der Waals surface area contributed by atoms with Crippen molar-refractivity contribution in [3.05, 3.63) is 93.3 Å². The number of hydrogen-bond donors (Lipinski definition) is 1. The van der Waals surface area contributed by atoms with Gasteiger partial charge in [-0.05, 0) is 36.6 Å². The van der Waals surface area contributed by atoms with Crippen LogP contribution in [-0.4, -0.2) is 37.6 Å². The molecule has 1 amide bonds. The summed E-state index contributed by atoms with van der Waals surface area (Å²) in [6, 6.07) is 13.8. The molecule has 0 unspecified atom stereocenters. The van der Waals surface area contributed by atoms with Crippen molar-refractivity contribution >= 4 is 51.7 Å². The second-order valence-corrected chi connectivity index (χ2v) is 8.98. The zero-order valence-corrected chi connectivity index (χ0v) is 19.2. The van der Waals surface area contributed by atoms with E-state index in [2.05, 4.69) is 24.0 Å². The Kier molecular flexibility index (Phi) is 6.53. The van der Waals surface area contributed by atoms with Crippen LogP contribution < -0.4 is 10.9 Å². The number of carbonyl (C=O) groups is 1. The highest BCUT2D eigenvalue weighted by molar-refractivity contribution is 8.26. The summed E-state index contributed by atoms with van der Waals surface area (Å²) in [5.74, 6) is 0.220. The molecule has 3 heterocycles. The molecule has 1 N–H and O–H groups in total. The van der Waals surface area contributed by atoms with Gasteiger partial charge in [-0.15, -0.1) is 6.58 Å². The molecule has 1 aliphatic rings. The summed E-state index contributed by atoms with van der Waals surface area (Å²) in [5.41, 5.74) is 2.74. The molecule has 2 aromatic heterocycles. The molecule has 0 atom stereocenters. The largest absolute Gasteiger partial charge is 0.369 e. The number of hydrogen-bond acceptors (Lipinski definition) is 6. The topological polar surface area (TPSA) is 66.7 Å². The van der Waals surface area contributed by atoms with E-state index in [1.165, 1.54) is 26.6 Å². The van der Waals surface area contributed by atoms with E-state index in [0.717, 1.165) is 12.0 Å². The lowest BCUT2D eigenvalue weighted by Crippen LogP contribution is -2.28. The number of nitrogens with zero attached hydrogens (tertiary/aromatic N) is 3. The van der Waals surface area contributed by atoms with E-state index in [9.17, 15) is 9.59 Å². The van der Waals surface area contributed by atoms with Crippen LogP contribution in [0, 0.1) is 6.92 Å². The lowest BCUT2D eigenvalue weighted by atomic mass is 10.1. The monoisotopic (exact) mass is 462 g/mol. The summed E-state index contributed by atoms with van der Waals surface area (Å²) in [5, 5.41) is 3.31. The van der Waals surface area contributed by atoms with Crippen LogP contribution in [0.5, 0.6) is 0 Å². The van der Waals surface area contributed by atoms with Gasteiger partial charge in [0.1, 0.15) is 15.8 Å². The van der Waals surface area contributed by atoms with Gasteiger partial charge in [0.25, 0.3) is 11.5 Å². The van der Waals surface area contributed by atoms with Crippen LogP contribution in [0.15, 0.2) is 71.0 Å². The molecule has 0 bridgehead atoms. The van der Waals surface area contributed by atoms with Crippen LogP contribution in [0.3, 0.4) is 0 Å². The van der Waals surface area contributed by atoms with Crippen molar-refractivity contribution in [2.24, 2.45) is 0 Å². The Morgan fingerprint density at radius 1 is 1.19 bits per heavy atom. The van der Waals surface area contributed by atoms with Crippen molar-refractivity contribution in [3.63, 3.8) is 0 Å². The Bertz CT molecular complexity index is 1300. The number of carbonyl (C=O) groups excluding carboxylic acids is 1. The van der Waals surface area contributed by atoms with E-state index >= 15 is 0 Å². The third-order valence-electron chi connectivity index (χ3n) is 5.09. The second-order valence-electron chi connectivity index (χ2n) is 7.31. The standard InChI is InChI=1S/C24H22N4O2S2/c1-3-13-28-23(30)19(32-24(28)31)15-18-20(25-12-11-17-9-5-4-6-10-17)26-21-16(2)8-7-14-27(21)22(18)29/h3-10,14-15,25H,1,11-13H2,2H3. The maximum absolute atomic E-state index is 13.4. The number of benzene rings is 1. The van der Waals surface area contributed by atoms with Gasteiger partial charge in [0.2, 0.25) is 0 Å². The Hall–Kier alpha value is -3.23. The normalized spacial score (nSPS) is 15.0. The zero-order chi connectivity index (χ0) is 22.7. The van der Waals surface area contributed by atoms with Gasteiger partial charge >= 0.3 is 0 Å². The van der Waals surface area contributed by atoms with E-state index < -0.39 is 0 Å². The molecule has 162 valence electrons. The predicted molar refractivity (Wildman–Crippen MR) is 135 cm³/mol. The summed E-state index contributed by atoms with van der Waals surface area (Å²) in [4.78, 5) is 32.8. The summed E-state index contributed by atoms with van der Waals surface area (Å²) in [6.07, 6.45) is 5.68. The van der Waals surface area contributed by atoms with Gasteiger partial charge in [-0.3, -0.25) is 18.9 Å². The molecule has 4 rings (SSSR count). The molecule has 1 fully saturated rings. The first-order chi connectivity index (χ1) is 15.5. The quantitative estimate of drug-likeness (QED) is 0.325. The van der Waals surface area contributed by atoms with E-state index in [-0.39, 0.29) is 11.5 Å². The number of pyridine rings is 1. The first kappa shape index (κ1) is 22.0. The minimum absolute atomic E-state index is 0.233. The van der Waals surface area contributed by atoms with Crippen LogP contribution in [-0.2, 0) is 11.2 Å². The van der Waals surface area contributed by atoms with E-state index in [0.29, 0.717) is 39.3 Å². The number of aryl methyl sites for hydroxylation is 1. The van der Waals surface area contributed by atoms with Gasteiger partial charge in [0.15, 0.2) is 0 Å². The number of aromatic nitrogens is 2. The molecular formula is C24H22N4O2S2. The predicted octanol–water partition coefficient (Wildman–Crippen LogP) is 4.04. The van der Waals surface area contributed by atoms with Crippen LogP contribution in [0.2, 0.25) is 0 Å². The van der Waals surface area contributed by atoms with Crippen molar-refractivity contribution < 1.29 is 4.79 Å². The summed E-state index contributed by atoms with van der Waals surface area (Å²) in [7, 11) is 0. The third-order valence-corrected chi connectivity index (χ3v) is 6.47. The number of amides is 1. The molecule has 0 spiro atoms. The lowest BCUT2D eigenvalue weighted by Gasteiger charge is -2.12. The number of thioether (sulfide) groups is 1. The van der Waals surface area contributed by atoms with E-state index in [1.54, 1.807) is 24.4 Å². The van der Waals surface area contributed by atoms with Crippen LogP contribution in [0.25, 0.3) is 11.7 Å². The fourth-order valence-electron chi connectivity index (χ4n) is 3.46. The van der Waals surface area contributed by atoms with Gasteiger partial charge in [-0.25, -0.2) is 4.98 Å². The number of nitrogens with one attached hydrogen (secondary N) is 1. The Morgan fingerprint density at radius 3 is 2.72 bits per heavy atom. The molecule has 1 aliphatic heterocycles. The molecule has 0 saturated carbocycles. The molecule has 6 nitrogen and oxygen atoms in total. The average Bonchev–Trinajstić information content (AvgIpc) is 3.05. The fourth-order valence-corrected chi connectivity index (χ4v) is 4.72. The van der Waals surface area contributed by atoms with Crippen LogP contribution >= 0.6 is 24.0 Å². The fraction of sp³-hybridized carbons (Fsp3) is 0.167. The second kappa shape index (κ2) is 9.50. The number of fused-ring (bicyclic) bond motifs is 1. The van der Waals surface area contributed by atoms with Gasteiger partial charge in [-0.1, -0.05) is 66.5 Å². The minimum atomic E-state index is -0.241. The first-order valence-electron chi connectivity index (χ1n) is 10.2. The van der Waals surface area contributed by atoms with Gasteiger partial charge in [-0.2, -0.15) is 0 Å². The van der Waals surface area contributed by atoms with Crippen molar-refractivity contribution in [3.8, 4) is 0 Å². The average molecular weight is 463 g/mol. The highest BCUT2D eigenvalue weighted by Gasteiger charge is 2.31. The van der Waals surface area contributed by atoms with E-state index in [4.69, 9.17) is 17.2 Å². The first-order valence-corrected chi connectivity index (χ1v) is 11.4. The van der Waals surface area contributed by atoms with Crippen LogP contribution in [0.1, 0.15) is 16.7 Å². The SMILES string of the molecule is C=CCN1C(=O)C(=Cc2c(NCCc3ccccc3)nc3c(C)cccn3c2=O)SC1=S. The maximum atomic E-state index is 13.4. The van der Waals surface area contributed by atoms with Crippen molar-refractivity contribution in [1.82, 2.24) is 14.3 Å². The smallest absolute Gasteiger partial charge is 0.267 e. The number of anilines is 1. The van der Waals surface area contributed by atoms with Gasteiger partial charge < -0.3 is 5.32 Å². The maximum Gasteiger partial charge on any atom is 0.267 e. The van der Waals surface area contributed by atoms with Crippen LogP contribution in [0.4, 0.5) is 5.82 Å². The van der Waals surface area contributed by atoms with Crippen molar-refractivity contribution in [2.45, 2.75) is 13.3 Å². The van der Waals surface area contributed by atoms with Gasteiger partial charge in [0.05, 0.1) is 10.5 Å². The van der Waals surface area contributed by atoms with E-state index in [1.807, 2.05) is 31.2 Å². The van der Waals surface area contributed by atoms with Crippen molar-refractivity contribution in [2.75, 3.05) is 18.4 Å². The summed E-state index contributed by atoms with van der Waals surface area (Å²) in [6.45, 7) is 6.51. The Morgan fingerprint density at radius 2 is 1.97 bits per heavy atom. The molecule has 8 heteroatoms. The summed E-state index contributed by atoms with van der Waals surface area (Å²) >= 11 is 6.51. The highest BCUT2D eigenvalue weighted by Crippen LogP contribution is 2.33. The highest BCUT2D eigenvalue weighted by atomic mass is 32.2. The number of rotatable bonds is 7. The summed E-state index contributed by atoms with van der Waals surface area (Å²) < 4.78 is 1.96. The lowest BCUT2D eigenvalue weighted by molar-refractivity contribution is -0.121. The molecule has 0 radical (unpaired) electrons. The van der Waals surface area contributed by atoms with Gasteiger partial charge in [0, 0.05) is 19.3 Å². The van der Waals surface area contributed by atoms with Crippen molar-refractivity contribution in [1.29, 1.82) is 0 Å². The zero-order valence-electron chi connectivity index (χ0n) is 17.6. The molecular weight excluding hydrogens is 440 g/mol. The molecule has 1 saturated heterocycles. The molecule has 0 aliphatic carbocycles. The minimum Gasteiger partial charge on any atom is -0.369 e. The Balaban J connectivity index is 1.74. The Labute approximate surface area is 195 Å².